The number of hydrogen-bond donors (Lipinski definition) is 2. The van der Waals surface area contributed by atoms with E-state index in [9.17, 15) is 14.7 Å². The van der Waals surface area contributed by atoms with Gasteiger partial charge in [-0.25, -0.2) is 4.79 Å². The third-order valence-electron chi connectivity index (χ3n) is 4.36. The molecule has 2 aromatic carbocycles. The number of nitrogens with one attached hydrogen (secondary N) is 1. The maximum atomic E-state index is 12.4. The molecule has 1 aromatic heterocycles. The third kappa shape index (κ3) is 3.53. The molecule has 0 aliphatic rings. The van der Waals surface area contributed by atoms with E-state index in [1.54, 1.807) is 17.5 Å². The molecule has 132 valence electrons. The van der Waals surface area contributed by atoms with Crippen LogP contribution in [0.4, 0.5) is 5.00 Å². The quantitative estimate of drug-likeness (QED) is 0.660. The number of hydrogen-bond acceptors (Lipinski definition) is 3. The van der Waals surface area contributed by atoms with Crippen LogP contribution in [0.15, 0.2) is 47.8 Å². The Hall–Kier alpha value is -2.92. The van der Waals surface area contributed by atoms with E-state index in [4.69, 9.17) is 0 Å². The number of amides is 1. The van der Waals surface area contributed by atoms with Crippen LogP contribution in [0, 0.1) is 20.8 Å². The van der Waals surface area contributed by atoms with E-state index in [-0.39, 0.29) is 11.5 Å². The summed E-state index contributed by atoms with van der Waals surface area (Å²) in [7, 11) is 0. The van der Waals surface area contributed by atoms with Crippen molar-refractivity contribution in [3.8, 4) is 11.1 Å². The zero-order valence-corrected chi connectivity index (χ0v) is 15.6. The van der Waals surface area contributed by atoms with Crippen molar-refractivity contribution >= 4 is 28.2 Å². The maximum Gasteiger partial charge on any atom is 0.339 e. The van der Waals surface area contributed by atoms with Crippen molar-refractivity contribution in [1.29, 1.82) is 0 Å². The molecular formula is C21H19NO3S. The van der Waals surface area contributed by atoms with Crippen LogP contribution in [-0.4, -0.2) is 17.0 Å². The largest absolute Gasteiger partial charge is 0.478 e. The monoisotopic (exact) mass is 365 g/mol. The average molecular weight is 365 g/mol. The van der Waals surface area contributed by atoms with Gasteiger partial charge in [-0.15, -0.1) is 11.3 Å². The van der Waals surface area contributed by atoms with Crippen LogP contribution >= 0.6 is 11.3 Å². The topological polar surface area (TPSA) is 66.4 Å². The van der Waals surface area contributed by atoms with Gasteiger partial charge in [-0.05, 0) is 49.6 Å². The van der Waals surface area contributed by atoms with Crippen molar-refractivity contribution in [3.05, 3.63) is 75.7 Å². The number of thiophene rings is 1. The molecule has 0 fully saturated rings. The fourth-order valence-electron chi connectivity index (χ4n) is 2.66. The summed E-state index contributed by atoms with van der Waals surface area (Å²) in [5.74, 6) is -1.38. The molecule has 5 heteroatoms. The number of carbonyl (C=O) groups excluding carboxylic acids is 1. The molecule has 1 amide bonds. The number of carboxylic acid groups (broad SMARTS) is 1. The average Bonchev–Trinajstić information content (AvgIpc) is 3.01. The highest BCUT2D eigenvalue weighted by atomic mass is 32.1. The third-order valence-corrected chi connectivity index (χ3v) is 5.26. The van der Waals surface area contributed by atoms with Crippen molar-refractivity contribution in [1.82, 2.24) is 0 Å². The lowest BCUT2D eigenvalue weighted by molar-refractivity contribution is 0.0699. The summed E-state index contributed by atoms with van der Waals surface area (Å²) in [4.78, 5) is 24.3. The van der Waals surface area contributed by atoms with Crippen LogP contribution in [0.2, 0.25) is 0 Å². The first-order valence-corrected chi connectivity index (χ1v) is 9.05. The van der Waals surface area contributed by atoms with Gasteiger partial charge in [0.25, 0.3) is 5.91 Å². The molecular weight excluding hydrogens is 346 g/mol. The predicted octanol–water partition coefficient (Wildman–Crippen LogP) is 5.29. The second kappa shape index (κ2) is 7.14. The summed E-state index contributed by atoms with van der Waals surface area (Å²) in [5.41, 5.74) is 5.36. The molecule has 0 bridgehead atoms. The standard InChI is InChI=1S/C21H19NO3S/c1-12-4-7-15(8-5-12)19(23)22-20-18(21(24)25)17(11-26-20)16-9-6-13(2)14(3)10-16/h4-11H,1-3H3,(H,22,23)(H,24,25). The van der Waals surface area contributed by atoms with E-state index in [1.165, 1.54) is 11.3 Å². The lowest BCUT2D eigenvalue weighted by atomic mass is 9.99. The molecule has 0 saturated carbocycles. The summed E-state index contributed by atoms with van der Waals surface area (Å²) in [6, 6.07) is 13.0. The van der Waals surface area contributed by atoms with E-state index >= 15 is 0 Å². The number of benzene rings is 2. The molecule has 2 N–H and O–H groups in total. The zero-order valence-electron chi connectivity index (χ0n) is 14.8. The zero-order chi connectivity index (χ0) is 18.8. The lowest BCUT2D eigenvalue weighted by Gasteiger charge is -2.08. The first kappa shape index (κ1) is 17.9. The summed E-state index contributed by atoms with van der Waals surface area (Å²) < 4.78 is 0. The Morgan fingerprint density at radius 2 is 1.65 bits per heavy atom. The van der Waals surface area contributed by atoms with Gasteiger partial charge >= 0.3 is 5.97 Å². The molecule has 0 radical (unpaired) electrons. The fourth-order valence-corrected chi connectivity index (χ4v) is 3.62. The van der Waals surface area contributed by atoms with Gasteiger partial charge < -0.3 is 10.4 Å². The summed E-state index contributed by atoms with van der Waals surface area (Å²) in [5, 5.41) is 14.6. The normalized spacial score (nSPS) is 10.6. The summed E-state index contributed by atoms with van der Waals surface area (Å²) in [6.45, 7) is 5.95. The first-order chi connectivity index (χ1) is 12.4. The van der Waals surface area contributed by atoms with Crippen molar-refractivity contribution in [2.45, 2.75) is 20.8 Å². The molecule has 3 rings (SSSR count). The molecule has 0 atom stereocenters. The Balaban J connectivity index is 1.97. The molecule has 0 saturated heterocycles. The molecule has 26 heavy (non-hydrogen) atoms. The Morgan fingerprint density at radius 3 is 2.27 bits per heavy atom. The molecule has 1 heterocycles. The van der Waals surface area contributed by atoms with E-state index in [1.807, 2.05) is 51.1 Å². The Labute approximate surface area is 156 Å². The Bertz CT molecular complexity index is 987. The van der Waals surface area contributed by atoms with Gasteiger partial charge in [0.1, 0.15) is 10.6 Å². The van der Waals surface area contributed by atoms with E-state index in [0.29, 0.717) is 16.1 Å². The summed E-state index contributed by atoms with van der Waals surface area (Å²) >= 11 is 1.22. The van der Waals surface area contributed by atoms with Gasteiger partial charge in [0.15, 0.2) is 0 Å². The highest BCUT2D eigenvalue weighted by Gasteiger charge is 2.21. The number of aryl methyl sites for hydroxylation is 3. The number of carboxylic acids is 1. The van der Waals surface area contributed by atoms with Crippen molar-refractivity contribution in [2.75, 3.05) is 5.32 Å². The van der Waals surface area contributed by atoms with Crippen LogP contribution in [0.3, 0.4) is 0 Å². The van der Waals surface area contributed by atoms with Gasteiger partial charge in [-0.2, -0.15) is 0 Å². The smallest absolute Gasteiger partial charge is 0.339 e. The number of anilines is 1. The van der Waals surface area contributed by atoms with E-state index in [0.717, 1.165) is 22.3 Å². The van der Waals surface area contributed by atoms with Gasteiger partial charge in [0.2, 0.25) is 0 Å². The molecule has 4 nitrogen and oxygen atoms in total. The summed E-state index contributed by atoms with van der Waals surface area (Å²) in [6.07, 6.45) is 0. The van der Waals surface area contributed by atoms with Crippen LogP contribution in [0.5, 0.6) is 0 Å². The number of rotatable bonds is 4. The first-order valence-electron chi connectivity index (χ1n) is 8.17. The minimum absolute atomic E-state index is 0.124. The van der Waals surface area contributed by atoms with Crippen molar-refractivity contribution in [3.63, 3.8) is 0 Å². The predicted molar refractivity (Wildman–Crippen MR) is 105 cm³/mol. The lowest BCUT2D eigenvalue weighted by Crippen LogP contribution is -2.13. The number of aromatic carboxylic acids is 1. The minimum Gasteiger partial charge on any atom is -0.478 e. The Kier molecular flexibility index (Phi) is 4.91. The SMILES string of the molecule is Cc1ccc(C(=O)Nc2scc(-c3ccc(C)c(C)c3)c2C(=O)O)cc1. The Morgan fingerprint density at radius 1 is 0.962 bits per heavy atom. The van der Waals surface area contributed by atoms with Crippen molar-refractivity contribution < 1.29 is 14.7 Å². The van der Waals surface area contributed by atoms with E-state index < -0.39 is 5.97 Å². The second-order valence-corrected chi connectivity index (χ2v) is 7.16. The fraction of sp³-hybridized carbons (Fsp3) is 0.143. The van der Waals surface area contributed by atoms with Crippen LogP contribution in [-0.2, 0) is 0 Å². The van der Waals surface area contributed by atoms with Gasteiger partial charge in [0, 0.05) is 16.5 Å². The maximum absolute atomic E-state index is 12.4. The van der Waals surface area contributed by atoms with Crippen LogP contribution in [0.1, 0.15) is 37.4 Å². The minimum atomic E-state index is -1.06. The highest BCUT2D eigenvalue weighted by Crippen LogP contribution is 2.36. The van der Waals surface area contributed by atoms with Crippen LogP contribution in [0.25, 0.3) is 11.1 Å². The van der Waals surface area contributed by atoms with Gasteiger partial charge in [-0.3, -0.25) is 4.79 Å². The van der Waals surface area contributed by atoms with E-state index in [2.05, 4.69) is 5.32 Å². The molecule has 3 aromatic rings. The molecule has 0 aliphatic heterocycles. The molecule has 0 unspecified atom stereocenters. The van der Waals surface area contributed by atoms with Crippen molar-refractivity contribution in [2.24, 2.45) is 0 Å². The highest BCUT2D eigenvalue weighted by molar-refractivity contribution is 7.15. The second-order valence-electron chi connectivity index (χ2n) is 6.28. The number of carbonyl (C=O) groups is 2. The van der Waals surface area contributed by atoms with Gasteiger partial charge in [-0.1, -0.05) is 35.9 Å². The molecule has 0 spiro atoms. The van der Waals surface area contributed by atoms with Gasteiger partial charge in [0.05, 0.1) is 0 Å². The van der Waals surface area contributed by atoms with Crippen LogP contribution < -0.4 is 5.32 Å². The molecule has 0 aliphatic carbocycles.